The molecule has 0 aromatic rings. The number of aliphatic carboxylic acids is 1. The van der Waals surface area contributed by atoms with Gasteiger partial charge in [-0.15, -0.1) is 0 Å². The fourth-order valence-corrected chi connectivity index (χ4v) is 1.09. The summed E-state index contributed by atoms with van der Waals surface area (Å²) in [5, 5.41) is 8.62. The zero-order chi connectivity index (χ0) is 14.0. The number of esters is 2. The maximum atomic E-state index is 11.4. The molecule has 0 amide bonds. The van der Waals surface area contributed by atoms with E-state index >= 15 is 0 Å². The number of carbonyl (C=O) groups is 3. The summed E-state index contributed by atoms with van der Waals surface area (Å²) >= 11 is 7.67. The minimum atomic E-state index is -1.24. The lowest BCUT2D eigenvalue weighted by Gasteiger charge is -2.05. The van der Waals surface area contributed by atoms with Crippen molar-refractivity contribution in [2.24, 2.45) is 0 Å². The Bertz CT molecular complexity index is 339. The van der Waals surface area contributed by atoms with Gasteiger partial charge in [-0.05, 0) is 0 Å². The lowest BCUT2D eigenvalue weighted by Crippen LogP contribution is -2.15. The molecule has 0 saturated heterocycles. The van der Waals surface area contributed by atoms with Crippen LogP contribution in [0.2, 0.25) is 0 Å². The molecule has 0 rings (SSSR count). The number of carboxylic acids is 1. The smallest absolute Gasteiger partial charge is 0.334 e. The molecule has 0 spiro atoms. The second-order valence-corrected chi connectivity index (χ2v) is 3.89. The van der Waals surface area contributed by atoms with Gasteiger partial charge in [0.15, 0.2) is 0 Å². The van der Waals surface area contributed by atoms with E-state index in [9.17, 15) is 14.4 Å². The Kier molecular flexibility index (Phi) is 9.21. The summed E-state index contributed by atoms with van der Waals surface area (Å²) < 4.78 is 9.34. The summed E-state index contributed by atoms with van der Waals surface area (Å²) in [6, 6.07) is 0. The van der Waals surface area contributed by atoms with Crippen molar-refractivity contribution in [2.45, 2.75) is 6.42 Å². The Morgan fingerprint density at radius 3 is 2.11 bits per heavy atom. The SMILES string of the molecule is O=C(O)CC(=CC(=O)OCCS)C(=O)OCCS. The number of ether oxygens (including phenoxy) is 2. The standard InChI is InChI=1S/C10H14O6S2/c11-8(12)5-7(10(14)16-2-4-18)6-9(13)15-1-3-17/h6,17-18H,1-5H2,(H,11,12). The van der Waals surface area contributed by atoms with Crippen LogP contribution in [-0.2, 0) is 23.9 Å². The topological polar surface area (TPSA) is 89.9 Å². The molecule has 102 valence electrons. The van der Waals surface area contributed by atoms with E-state index in [1.807, 2.05) is 0 Å². The molecule has 8 heteroatoms. The number of hydrogen-bond acceptors (Lipinski definition) is 7. The second kappa shape index (κ2) is 9.84. The quantitative estimate of drug-likeness (QED) is 0.340. The molecule has 18 heavy (non-hydrogen) atoms. The van der Waals surface area contributed by atoms with Gasteiger partial charge in [-0.2, -0.15) is 25.3 Å². The monoisotopic (exact) mass is 294 g/mol. The summed E-state index contributed by atoms with van der Waals surface area (Å²) in [6.45, 7) is 0.106. The van der Waals surface area contributed by atoms with Crippen LogP contribution in [0.3, 0.4) is 0 Å². The lowest BCUT2D eigenvalue weighted by atomic mass is 10.2. The highest BCUT2D eigenvalue weighted by atomic mass is 32.1. The summed E-state index contributed by atoms with van der Waals surface area (Å²) in [5.41, 5.74) is -0.270. The van der Waals surface area contributed by atoms with Crippen LogP contribution in [0.4, 0.5) is 0 Å². The predicted molar refractivity (Wildman–Crippen MR) is 70.0 cm³/mol. The maximum Gasteiger partial charge on any atom is 0.334 e. The summed E-state index contributed by atoms with van der Waals surface area (Å²) in [4.78, 5) is 33.2. The first kappa shape index (κ1) is 16.9. The van der Waals surface area contributed by atoms with E-state index in [2.05, 4.69) is 34.7 Å². The van der Waals surface area contributed by atoms with Crippen LogP contribution in [0.25, 0.3) is 0 Å². The van der Waals surface area contributed by atoms with Crippen molar-refractivity contribution in [1.82, 2.24) is 0 Å². The predicted octanol–water partition coefficient (Wildman–Crippen LogP) is 0.334. The van der Waals surface area contributed by atoms with Crippen LogP contribution < -0.4 is 0 Å². The molecule has 0 fully saturated rings. The van der Waals surface area contributed by atoms with Gasteiger partial charge in [-0.25, -0.2) is 9.59 Å². The molecule has 0 atom stereocenters. The molecule has 0 saturated carbocycles. The third-order valence-electron chi connectivity index (χ3n) is 1.56. The largest absolute Gasteiger partial charge is 0.481 e. The number of carbonyl (C=O) groups excluding carboxylic acids is 2. The summed E-state index contributed by atoms with van der Waals surface area (Å²) in [5.74, 6) is -2.28. The van der Waals surface area contributed by atoms with E-state index < -0.39 is 24.3 Å². The van der Waals surface area contributed by atoms with Crippen molar-refractivity contribution < 1.29 is 29.0 Å². The van der Waals surface area contributed by atoms with Crippen LogP contribution in [0.5, 0.6) is 0 Å². The molecule has 0 unspecified atom stereocenters. The fourth-order valence-electron chi connectivity index (χ4n) is 0.906. The van der Waals surface area contributed by atoms with Crippen molar-refractivity contribution in [3.05, 3.63) is 11.6 Å². The first-order valence-corrected chi connectivity index (χ1v) is 6.25. The van der Waals surface area contributed by atoms with Crippen molar-refractivity contribution in [3.63, 3.8) is 0 Å². The third kappa shape index (κ3) is 8.02. The van der Waals surface area contributed by atoms with Crippen LogP contribution in [0.1, 0.15) is 6.42 Å². The average molecular weight is 294 g/mol. The van der Waals surface area contributed by atoms with Gasteiger partial charge in [-0.3, -0.25) is 4.79 Å². The van der Waals surface area contributed by atoms with Crippen molar-refractivity contribution in [1.29, 1.82) is 0 Å². The van der Waals surface area contributed by atoms with Gasteiger partial charge in [0.1, 0.15) is 13.2 Å². The zero-order valence-electron chi connectivity index (χ0n) is 9.50. The molecule has 0 aliphatic rings. The van der Waals surface area contributed by atoms with Crippen LogP contribution in [-0.4, -0.2) is 47.7 Å². The van der Waals surface area contributed by atoms with Crippen LogP contribution in [0, 0.1) is 0 Å². The van der Waals surface area contributed by atoms with E-state index in [0.717, 1.165) is 6.08 Å². The van der Waals surface area contributed by atoms with Gasteiger partial charge in [0.25, 0.3) is 0 Å². The Morgan fingerprint density at radius 1 is 1.06 bits per heavy atom. The molecule has 0 aromatic heterocycles. The summed E-state index contributed by atoms with van der Waals surface area (Å²) in [7, 11) is 0. The highest BCUT2D eigenvalue weighted by Gasteiger charge is 2.16. The fraction of sp³-hybridized carbons (Fsp3) is 0.500. The first-order valence-electron chi connectivity index (χ1n) is 4.99. The Balaban J connectivity index is 4.64. The number of rotatable bonds is 8. The number of carboxylic acid groups (broad SMARTS) is 1. The lowest BCUT2D eigenvalue weighted by molar-refractivity contribution is -0.143. The molecule has 0 heterocycles. The minimum absolute atomic E-state index is 0.0323. The van der Waals surface area contributed by atoms with E-state index in [1.165, 1.54) is 0 Å². The first-order chi connectivity index (χ1) is 8.51. The van der Waals surface area contributed by atoms with Crippen molar-refractivity contribution >= 4 is 43.2 Å². The van der Waals surface area contributed by atoms with Gasteiger partial charge in [0, 0.05) is 17.6 Å². The van der Waals surface area contributed by atoms with Crippen molar-refractivity contribution in [3.8, 4) is 0 Å². The van der Waals surface area contributed by atoms with E-state index in [0.29, 0.717) is 11.5 Å². The minimum Gasteiger partial charge on any atom is -0.481 e. The molecule has 0 radical (unpaired) electrons. The van der Waals surface area contributed by atoms with Crippen LogP contribution in [0.15, 0.2) is 11.6 Å². The van der Waals surface area contributed by atoms with Gasteiger partial charge in [0.05, 0.1) is 12.0 Å². The number of thiol groups is 2. The normalized spacial score (nSPS) is 10.9. The Hall–Kier alpha value is -1.15. The zero-order valence-corrected chi connectivity index (χ0v) is 11.3. The van der Waals surface area contributed by atoms with Gasteiger partial charge in [0.2, 0.25) is 0 Å². The van der Waals surface area contributed by atoms with Gasteiger partial charge < -0.3 is 14.6 Å². The molecule has 0 aliphatic carbocycles. The molecule has 0 aliphatic heterocycles. The molecule has 1 N–H and O–H groups in total. The molecule has 0 bridgehead atoms. The van der Waals surface area contributed by atoms with Crippen LogP contribution >= 0.6 is 25.3 Å². The third-order valence-corrected chi connectivity index (χ3v) is 1.92. The van der Waals surface area contributed by atoms with Crippen molar-refractivity contribution in [2.75, 3.05) is 24.7 Å². The second-order valence-electron chi connectivity index (χ2n) is 2.99. The molecular formula is C10H14O6S2. The van der Waals surface area contributed by atoms with E-state index in [4.69, 9.17) is 5.11 Å². The average Bonchev–Trinajstić information content (AvgIpc) is 2.32. The Labute approximate surface area is 115 Å². The van der Waals surface area contributed by atoms with E-state index in [-0.39, 0.29) is 18.8 Å². The molecule has 0 aromatic carbocycles. The Morgan fingerprint density at radius 2 is 1.61 bits per heavy atom. The van der Waals surface area contributed by atoms with Gasteiger partial charge in [-0.1, -0.05) is 0 Å². The highest BCUT2D eigenvalue weighted by Crippen LogP contribution is 2.05. The summed E-state index contributed by atoms with van der Waals surface area (Å²) in [6.07, 6.45) is 0.208. The maximum absolute atomic E-state index is 11.4. The van der Waals surface area contributed by atoms with E-state index in [1.54, 1.807) is 0 Å². The molecular weight excluding hydrogens is 280 g/mol. The molecule has 6 nitrogen and oxygen atoms in total. The van der Waals surface area contributed by atoms with Gasteiger partial charge >= 0.3 is 17.9 Å². The highest BCUT2D eigenvalue weighted by molar-refractivity contribution is 7.80. The number of hydrogen-bond donors (Lipinski definition) is 3.